The minimum atomic E-state index is 0.732. The summed E-state index contributed by atoms with van der Waals surface area (Å²) in [5, 5.41) is 0. The lowest BCUT2D eigenvalue weighted by molar-refractivity contribution is 0.475. The molecule has 2 rings (SSSR count). The summed E-state index contributed by atoms with van der Waals surface area (Å²) in [5.41, 5.74) is 14.2. The second-order valence-electron chi connectivity index (χ2n) is 4.64. The van der Waals surface area contributed by atoms with E-state index >= 15 is 0 Å². The number of nitrogens with two attached hydrogens (primary N) is 2. The maximum absolute atomic E-state index is 5.91. The number of hydrogen-bond donors (Lipinski definition) is 2. The van der Waals surface area contributed by atoms with Crippen molar-refractivity contribution in [2.45, 2.75) is 26.2 Å². The van der Waals surface area contributed by atoms with Crippen LogP contribution in [0.15, 0.2) is 42.5 Å². The lowest BCUT2D eigenvalue weighted by atomic mass is 10.1. The number of aryl methyl sites for hydroxylation is 1. The molecule has 0 bridgehead atoms. The summed E-state index contributed by atoms with van der Waals surface area (Å²) in [4.78, 5) is 0. The first-order valence-corrected chi connectivity index (χ1v) is 6.61. The topological polar surface area (TPSA) is 61.3 Å². The Hall–Kier alpha value is -2.16. The van der Waals surface area contributed by atoms with Crippen molar-refractivity contribution in [1.82, 2.24) is 0 Å². The Kier molecular flexibility index (Phi) is 4.29. The van der Waals surface area contributed by atoms with Crippen LogP contribution in [0.1, 0.15) is 25.3 Å². The largest absolute Gasteiger partial charge is 0.457 e. The first-order chi connectivity index (χ1) is 9.19. The third kappa shape index (κ3) is 3.65. The van der Waals surface area contributed by atoms with Gasteiger partial charge in [-0.2, -0.15) is 0 Å². The summed E-state index contributed by atoms with van der Waals surface area (Å²) in [6, 6.07) is 13.2. The van der Waals surface area contributed by atoms with Crippen molar-refractivity contribution < 1.29 is 4.74 Å². The van der Waals surface area contributed by atoms with Crippen LogP contribution < -0.4 is 16.2 Å². The van der Waals surface area contributed by atoms with Gasteiger partial charge in [0.05, 0.1) is 0 Å². The van der Waals surface area contributed by atoms with Gasteiger partial charge in [0.1, 0.15) is 11.5 Å². The molecule has 19 heavy (non-hydrogen) atoms. The maximum atomic E-state index is 5.91. The van der Waals surface area contributed by atoms with Crippen molar-refractivity contribution in [1.29, 1.82) is 0 Å². The van der Waals surface area contributed by atoms with Crippen LogP contribution in [0, 0.1) is 0 Å². The Bertz CT molecular complexity index is 535. The number of hydrogen-bond acceptors (Lipinski definition) is 3. The van der Waals surface area contributed by atoms with E-state index in [2.05, 4.69) is 6.92 Å². The minimum Gasteiger partial charge on any atom is -0.457 e. The number of anilines is 2. The van der Waals surface area contributed by atoms with Crippen molar-refractivity contribution in [2.75, 3.05) is 11.5 Å². The van der Waals surface area contributed by atoms with Crippen molar-refractivity contribution in [3.63, 3.8) is 0 Å². The van der Waals surface area contributed by atoms with Crippen molar-refractivity contribution >= 4 is 11.4 Å². The fourth-order valence-electron chi connectivity index (χ4n) is 1.92. The van der Waals surface area contributed by atoms with E-state index in [-0.39, 0.29) is 0 Å². The van der Waals surface area contributed by atoms with Gasteiger partial charge in [-0.15, -0.1) is 0 Å². The summed E-state index contributed by atoms with van der Waals surface area (Å²) in [5.74, 6) is 1.66. The van der Waals surface area contributed by atoms with Gasteiger partial charge < -0.3 is 16.2 Å². The molecule has 2 aromatic rings. The minimum absolute atomic E-state index is 0.732. The second-order valence-corrected chi connectivity index (χ2v) is 4.64. The van der Waals surface area contributed by atoms with Gasteiger partial charge in [0.2, 0.25) is 0 Å². The zero-order valence-corrected chi connectivity index (χ0v) is 11.2. The molecule has 0 aromatic heterocycles. The highest BCUT2D eigenvalue weighted by atomic mass is 16.5. The van der Waals surface area contributed by atoms with Gasteiger partial charge in [-0.25, -0.2) is 0 Å². The van der Waals surface area contributed by atoms with Crippen molar-refractivity contribution in [3.05, 3.63) is 48.0 Å². The highest BCUT2D eigenvalue weighted by Crippen LogP contribution is 2.28. The van der Waals surface area contributed by atoms with E-state index in [0.717, 1.165) is 47.7 Å². The van der Waals surface area contributed by atoms with E-state index in [1.54, 1.807) is 0 Å². The van der Waals surface area contributed by atoms with E-state index in [1.165, 1.54) is 0 Å². The van der Waals surface area contributed by atoms with Crippen molar-refractivity contribution in [3.8, 4) is 11.5 Å². The first kappa shape index (κ1) is 13.3. The third-order valence-corrected chi connectivity index (χ3v) is 2.99. The lowest BCUT2D eigenvalue weighted by Gasteiger charge is -2.12. The average Bonchev–Trinajstić information content (AvgIpc) is 2.41. The van der Waals surface area contributed by atoms with Crippen LogP contribution in [0.5, 0.6) is 11.5 Å². The van der Waals surface area contributed by atoms with E-state index in [0.29, 0.717) is 0 Å². The Balaban J connectivity index is 2.20. The number of unbranched alkanes of at least 4 members (excludes halogenated alkanes) is 1. The predicted molar refractivity (Wildman–Crippen MR) is 80.4 cm³/mol. The molecule has 100 valence electrons. The lowest BCUT2D eigenvalue weighted by Crippen LogP contribution is -1.95. The monoisotopic (exact) mass is 256 g/mol. The molecule has 0 atom stereocenters. The summed E-state index contributed by atoms with van der Waals surface area (Å²) < 4.78 is 5.91. The average molecular weight is 256 g/mol. The van der Waals surface area contributed by atoms with Crippen LogP contribution in [0.4, 0.5) is 11.4 Å². The van der Waals surface area contributed by atoms with E-state index in [9.17, 15) is 0 Å². The van der Waals surface area contributed by atoms with Crippen LogP contribution in [0.25, 0.3) is 0 Å². The second kappa shape index (κ2) is 6.14. The summed E-state index contributed by atoms with van der Waals surface area (Å²) in [7, 11) is 0. The van der Waals surface area contributed by atoms with Crippen LogP contribution in [0.2, 0.25) is 0 Å². The smallest absolute Gasteiger partial charge is 0.130 e. The molecule has 0 amide bonds. The van der Waals surface area contributed by atoms with Crippen LogP contribution in [0.3, 0.4) is 0 Å². The molecule has 3 nitrogen and oxygen atoms in total. The van der Waals surface area contributed by atoms with Gasteiger partial charge in [0.25, 0.3) is 0 Å². The SMILES string of the molecule is CCCCc1cc(N)ccc1Oc1ccc(N)cc1. The molecular weight excluding hydrogens is 236 g/mol. The molecule has 0 saturated heterocycles. The Morgan fingerprint density at radius 1 is 0.947 bits per heavy atom. The van der Waals surface area contributed by atoms with Gasteiger partial charge in [-0.05, 0) is 60.9 Å². The van der Waals surface area contributed by atoms with E-state index < -0.39 is 0 Å². The molecular formula is C16H20N2O. The molecule has 4 N–H and O–H groups in total. The maximum Gasteiger partial charge on any atom is 0.130 e. The highest BCUT2D eigenvalue weighted by molar-refractivity contribution is 5.50. The van der Waals surface area contributed by atoms with Crippen LogP contribution in [-0.2, 0) is 6.42 Å². The molecule has 0 fully saturated rings. The molecule has 0 heterocycles. The first-order valence-electron chi connectivity index (χ1n) is 6.61. The molecule has 0 spiro atoms. The Morgan fingerprint density at radius 3 is 2.32 bits per heavy atom. The number of ether oxygens (including phenoxy) is 1. The zero-order chi connectivity index (χ0) is 13.7. The van der Waals surface area contributed by atoms with Crippen molar-refractivity contribution in [2.24, 2.45) is 0 Å². The number of benzene rings is 2. The molecule has 3 heteroatoms. The Morgan fingerprint density at radius 2 is 1.63 bits per heavy atom. The van der Waals surface area contributed by atoms with Gasteiger partial charge in [0, 0.05) is 11.4 Å². The van der Waals surface area contributed by atoms with Gasteiger partial charge in [-0.3, -0.25) is 0 Å². The highest BCUT2D eigenvalue weighted by Gasteiger charge is 2.05. The standard InChI is InChI=1S/C16H20N2O/c1-2-3-4-12-11-14(18)7-10-16(12)19-15-8-5-13(17)6-9-15/h5-11H,2-4,17-18H2,1H3. The van der Waals surface area contributed by atoms with Gasteiger partial charge >= 0.3 is 0 Å². The number of nitrogen functional groups attached to an aromatic ring is 2. The normalized spacial score (nSPS) is 10.4. The molecule has 0 radical (unpaired) electrons. The van der Waals surface area contributed by atoms with Gasteiger partial charge in [0.15, 0.2) is 0 Å². The summed E-state index contributed by atoms with van der Waals surface area (Å²) in [6.45, 7) is 2.17. The van der Waals surface area contributed by atoms with E-state index in [4.69, 9.17) is 16.2 Å². The molecule has 2 aromatic carbocycles. The fourth-order valence-corrected chi connectivity index (χ4v) is 1.92. The van der Waals surface area contributed by atoms with E-state index in [1.807, 2.05) is 42.5 Å². The molecule has 0 aliphatic rings. The Labute approximate surface area is 114 Å². The van der Waals surface area contributed by atoms with Gasteiger partial charge in [-0.1, -0.05) is 13.3 Å². The molecule has 0 unspecified atom stereocenters. The molecule has 0 aliphatic carbocycles. The van der Waals surface area contributed by atoms with Crippen LogP contribution in [-0.4, -0.2) is 0 Å². The fraction of sp³-hybridized carbons (Fsp3) is 0.250. The summed E-state index contributed by atoms with van der Waals surface area (Å²) in [6.07, 6.45) is 3.25. The summed E-state index contributed by atoms with van der Waals surface area (Å²) >= 11 is 0. The van der Waals surface area contributed by atoms with Crippen LogP contribution >= 0.6 is 0 Å². The third-order valence-electron chi connectivity index (χ3n) is 2.99. The number of rotatable bonds is 5. The quantitative estimate of drug-likeness (QED) is 0.795. The molecule has 0 saturated carbocycles. The predicted octanol–water partition coefficient (Wildman–Crippen LogP) is 3.99. The molecule has 0 aliphatic heterocycles. The zero-order valence-electron chi connectivity index (χ0n) is 11.2.